The molecular weight excluding hydrogens is 322 g/mol. The molecule has 2 rings (SSSR count). The van der Waals surface area contributed by atoms with Crippen LogP contribution >= 0.6 is 0 Å². The van der Waals surface area contributed by atoms with Crippen molar-refractivity contribution in [3.05, 3.63) is 60.1 Å². The van der Waals surface area contributed by atoms with Crippen LogP contribution in [0.15, 0.2) is 48.8 Å². The lowest BCUT2D eigenvalue weighted by Gasteiger charge is -2.14. The maximum atomic E-state index is 12.1. The number of nitrogens with zero attached hydrogens (tertiary/aromatic N) is 2. The third-order valence-corrected chi connectivity index (χ3v) is 3.25. The summed E-state index contributed by atoms with van der Waals surface area (Å²) in [6.07, 6.45) is 5.42. The van der Waals surface area contributed by atoms with E-state index in [1.165, 1.54) is 23.9 Å². The standard InChI is InChI=1S/C17H19N5O3/c1-12(17(24)20-9-13-5-3-2-4-6-13)21-15-11-18-14(10-19-15)7-8-16(23)22-25/h2-8,10-12,25H,9H2,1H3,(H,19,21)(H,20,24)(H,22,23)/b8-7+/t12-/m1/s1. The summed E-state index contributed by atoms with van der Waals surface area (Å²) < 4.78 is 0. The second kappa shape index (κ2) is 9.14. The molecule has 0 fully saturated rings. The van der Waals surface area contributed by atoms with Crippen molar-refractivity contribution in [1.82, 2.24) is 20.8 Å². The Morgan fingerprint density at radius 3 is 2.60 bits per heavy atom. The zero-order valence-corrected chi connectivity index (χ0v) is 13.6. The van der Waals surface area contributed by atoms with Gasteiger partial charge in [-0.1, -0.05) is 30.3 Å². The Morgan fingerprint density at radius 2 is 1.96 bits per heavy atom. The average molecular weight is 341 g/mol. The number of nitrogens with one attached hydrogen (secondary N) is 3. The zero-order chi connectivity index (χ0) is 18.1. The van der Waals surface area contributed by atoms with Gasteiger partial charge in [0, 0.05) is 12.6 Å². The van der Waals surface area contributed by atoms with Crippen LogP contribution in [-0.2, 0) is 16.1 Å². The van der Waals surface area contributed by atoms with Crippen molar-refractivity contribution >= 4 is 23.7 Å². The summed E-state index contributed by atoms with van der Waals surface area (Å²) in [6.45, 7) is 2.18. The first-order valence-electron chi connectivity index (χ1n) is 7.61. The van der Waals surface area contributed by atoms with Crippen molar-refractivity contribution in [3.63, 3.8) is 0 Å². The van der Waals surface area contributed by atoms with Gasteiger partial charge in [-0.2, -0.15) is 0 Å². The van der Waals surface area contributed by atoms with Crippen molar-refractivity contribution in [1.29, 1.82) is 0 Å². The van der Waals surface area contributed by atoms with Gasteiger partial charge in [-0.05, 0) is 18.6 Å². The predicted octanol–water partition coefficient (Wildman–Crippen LogP) is 1.11. The van der Waals surface area contributed by atoms with Crippen molar-refractivity contribution in [2.75, 3.05) is 5.32 Å². The number of amides is 2. The van der Waals surface area contributed by atoms with E-state index >= 15 is 0 Å². The number of carbonyl (C=O) groups excluding carboxylic acids is 2. The van der Waals surface area contributed by atoms with E-state index in [0.29, 0.717) is 18.1 Å². The summed E-state index contributed by atoms with van der Waals surface area (Å²) in [7, 11) is 0. The Kier molecular flexibility index (Phi) is 6.61. The summed E-state index contributed by atoms with van der Waals surface area (Å²) in [5, 5.41) is 14.2. The van der Waals surface area contributed by atoms with Crippen molar-refractivity contribution in [2.45, 2.75) is 19.5 Å². The lowest BCUT2D eigenvalue weighted by Crippen LogP contribution is -2.37. The van der Waals surface area contributed by atoms with Gasteiger partial charge in [0.15, 0.2) is 0 Å². The van der Waals surface area contributed by atoms with E-state index in [0.717, 1.165) is 11.6 Å². The number of benzene rings is 1. The molecule has 0 spiro atoms. The van der Waals surface area contributed by atoms with Crippen LogP contribution in [0, 0.1) is 0 Å². The van der Waals surface area contributed by atoms with E-state index in [2.05, 4.69) is 20.6 Å². The number of anilines is 1. The minimum atomic E-state index is -0.660. The van der Waals surface area contributed by atoms with Gasteiger partial charge in [-0.3, -0.25) is 19.8 Å². The molecule has 1 aromatic carbocycles. The molecule has 2 amide bonds. The van der Waals surface area contributed by atoms with Crippen LogP contribution in [0.5, 0.6) is 0 Å². The number of carbonyl (C=O) groups is 2. The van der Waals surface area contributed by atoms with Gasteiger partial charge >= 0.3 is 0 Å². The van der Waals surface area contributed by atoms with Crippen molar-refractivity contribution in [2.24, 2.45) is 0 Å². The second-order valence-electron chi connectivity index (χ2n) is 5.21. The number of hydroxylamine groups is 1. The summed E-state index contributed by atoms with van der Waals surface area (Å²) in [4.78, 5) is 31.2. The summed E-state index contributed by atoms with van der Waals surface area (Å²) in [5.41, 5.74) is 2.94. The summed E-state index contributed by atoms with van der Waals surface area (Å²) >= 11 is 0. The highest BCUT2D eigenvalue weighted by Crippen LogP contribution is 2.05. The van der Waals surface area contributed by atoms with E-state index in [1.54, 1.807) is 6.92 Å². The van der Waals surface area contributed by atoms with Gasteiger partial charge in [0.25, 0.3) is 5.91 Å². The minimum absolute atomic E-state index is 0.158. The molecule has 8 nitrogen and oxygen atoms in total. The van der Waals surface area contributed by atoms with Gasteiger partial charge in [-0.15, -0.1) is 0 Å². The quantitative estimate of drug-likeness (QED) is 0.341. The largest absolute Gasteiger partial charge is 0.357 e. The maximum Gasteiger partial charge on any atom is 0.267 e. The highest BCUT2D eigenvalue weighted by molar-refractivity contribution is 5.90. The fourth-order valence-corrected chi connectivity index (χ4v) is 1.92. The molecule has 1 atom stereocenters. The van der Waals surface area contributed by atoms with Crippen molar-refractivity contribution < 1.29 is 14.8 Å². The molecule has 0 unspecified atom stereocenters. The molecule has 8 heteroatoms. The SMILES string of the molecule is C[C@@H](Nc1cnc(/C=C/C(=O)NO)cn1)C(=O)NCc1ccccc1. The van der Waals surface area contributed by atoms with Gasteiger partial charge < -0.3 is 10.6 Å². The van der Waals surface area contributed by atoms with Crippen LogP contribution in [0.4, 0.5) is 5.82 Å². The van der Waals surface area contributed by atoms with Gasteiger partial charge in [-0.25, -0.2) is 10.5 Å². The van der Waals surface area contributed by atoms with E-state index < -0.39 is 11.9 Å². The first-order chi connectivity index (χ1) is 12.1. The van der Waals surface area contributed by atoms with Gasteiger partial charge in [0.1, 0.15) is 11.9 Å². The molecule has 25 heavy (non-hydrogen) atoms. The Hall–Kier alpha value is -3.26. The summed E-state index contributed by atoms with van der Waals surface area (Å²) in [6, 6.07) is 9.14. The molecule has 1 heterocycles. The molecule has 1 aromatic heterocycles. The Balaban J connectivity index is 1.85. The lowest BCUT2D eigenvalue weighted by molar-refractivity contribution is -0.124. The van der Waals surface area contributed by atoms with Crippen LogP contribution in [0.3, 0.4) is 0 Å². The lowest BCUT2D eigenvalue weighted by atomic mass is 10.2. The first-order valence-corrected chi connectivity index (χ1v) is 7.61. The highest BCUT2D eigenvalue weighted by atomic mass is 16.5. The fraction of sp³-hybridized carbons (Fsp3) is 0.176. The highest BCUT2D eigenvalue weighted by Gasteiger charge is 2.12. The number of hydrogen-bond acceptors (Lipinski definition) is 6. The van der Waals surface area contributed by atoms with E-state index in [9.17, 15) is 9.59 Å². The van der Waals surface area contributed by atoms with Gasteiger partial charge in [0.05, 0.1) is 18.1 Å². The molecule has 0 aliphatic rings. The first kappa shape index (κ1) is 18.1. The topological polar surface area (TPSA) is 116 Å². The van der Waals surface area contributed by atoms with Gasteiger partial charge in [0.2, 0.25) is 5.91 Å². The molecular formula is C17H19N5O3. The Labute approximate surface area is 145 Å². The number of aromatic nitrogens is 2. The summed E-state index contributed by atoms with van der Waals surface area (Å²) in [5.74, 6) is -0.381. The fourth-order valence-electron chi connectivity index (χ4n) is 1.92. The molecule has 0 radical (unpaired) electrons. The van der Waals surface area contributed by atoms with Crippen LogP contribution in [0.2, 0.25) is 0 Å². The molecule has 0 bridgehead atoms. The second-order valence-corrected chi connectivity index (χ2v) is 5.21. The number of hydrogen-bond donors (Lipinski definition) is 4. The predicted molar refractivity (Wildman–Crippen MR) is 92.4 cm³/mol. The smallest absolute Gasteiger partial charge is 0.267 e. The van der Waals surface area contributed by atoms with E-state index in [-0.39, 0.29) is 5.91 Å². The molecule has 0 aliphatic heterocycles. The van der Waals surface area contributed by atoms with E-state index in [1.807, 2.05) is 30.3 Å². The van der Waals surface area contributed by atoms with Crippen LogP contribution < -0.4 is 16.1 Å². The van der Waals surface area contributed by atoms with E-state index in [4.69, 9.17) is 5.21 Å². The third kappa shape index (κ3) is 6.04. The zero-order valence-electron chi connectivity index (χ0n) is 13.6. The van der Waals surface area contributed by atoms with Crippen LogP contribution in [0.1, 0.15) is 18.2 Å². The molecule has 2 aromatic rings. The normalized spacial score (nSPS) is 11.8. The molecule has 130 valence electrons. The van der Waals surface area contributed by atoms with Crippen molar-refractivity contribution in [3.8, 4) is 0 Å². The minimum Gasteiger partial charge on any atom is -0.357 e. The molecule has 4 N–H and O–H groups in total. The Morgan fingerprint density at radius 1 is 1.20 bits per heavy atom. The molecule has 0 saturated carbocycles. The monoisotopic (exact) mass is 341 g/mol. The molecule has 0 saturated heterocycles. The molecule has 0 aliphatic carbocycles. The maximum absolute atomic E-state index is 12.1. The Bertz CT molecular complexity index is 732. The third-order valence-electron chi connectivity index (χ3n) is 3.25. The van der Waals surface area contributed by atoms with Crippen LogP contribution in [0.25, 0.3) is 6.08 Å². The average Bonchev–Trinajstić information content (AvgIpc) is 2.66. The van der Waals surface area contributed by atoms with Crippen LogP contribution in [-0.4, -0.2) is 33.0 Å². The number of rotatable bonds is 7.